The largest absolute Gasteiger partial charge is 0.507 e. The molecule has 6 rings (SSSR count). The van der Waals surface area contributed by atoms with Gasteiger partial charge >= 0.3 is 0 Å². The average molecular weight is 721 g/mol. The lowest BCUT2D eigenvalue weighted by Crippen LogP contribution is -2.44. The number of Topliss-reactive ketones (excluding diaryl/α,β-unsaturated/α-hetero) is 3. The summed E-state index contributed by atoms with van der Waals surface area (Å²) in [5.74, 6) is -10.6. The number of fused-ring (bicyclic) bond motifs is 4. The average Bonchev–Trinajstić information content (AvgIpc) is 3.59. The summed E-state index contributed by atoms with van der Waals surface area (Å²) in [5.41, 5.74) is -0.895. The molecule has 3 atom stereocenters. The molecule has 7 N–H and O–H groups in total. The topological polar surface area (TPSA) is 221 Å². The third kappa shape index (κ3) is 6.00. The molecule has 3 aromatic rings. The number of aromatic hydroxyl groups is 7. The Labute approximate surface area is 300 Å². The van der Waals surface area contributed by atoms with Gasteiger partial charge in [0.05, 0.1) is 5.92 Å². The second-order valence-corrected chi connectivity index (χ2v) is 15.4. The van der Waals surface area contributed by atoms with Gasteiger partial charge in [0, 0.05) is 73.4 Å². The van der Waals surface area contributed by atoms with E-state index in [1.165, 1.54) is 6.07 Å². The molecule has 13 heteroatoms. The Hall–Kier alpha value is -5.17. The van der Waals surface area contributed by atoms with Gasteiger partial charge in [0.1, 0.15) is 68.4 Å². The Morgan fingerprint density at radius 2 is 1.17 bits per heavy atom. The first-order valence-electron chi connectivity index (χ1n) is 17.4. The highest BCUT2D eigenvalue weighted by molar-refractivity contribution is 6.03. The number of carbonyl (C=O) groups excluding carboxylic acids is 3. The monoisotopic (exact) mass is 720 g/mol. The molecule has 3 aliphatic rings. The van der Waals surface area contributed by atoms with Gasteiger partial charge in [-0.3, -0.25) is 19.1 Å². The number of ketones is 3. The summed E-state index contributed by atoms with van der Waals surface area (Å²) in [6.07, 6.45) is -0.768. The van der Waals surface area contributed by atoms with E-state index in [1.54, 1.807) is 13.8 Å². The fourth-order valence-corrected chi connectivity index (χ4v) is 7.72. The number of ether oxygens (including phenoxy) is 3. The summed E-state index contributed by atoms with van der Waals surface area (Å²) >= 11 is 0. The number of benzene rings is 3. The van der Waals surface area contributed by atoms with E-state index in [0.717, 1.165) is 12.1 Å². The van der Waals surface area contributed by atoms with Crippen molar-refractivity contribution in [3.63, 3.8) is 0 Å². The van der Waals surface area contributed by atoms with E-state index in [2.05, 4.69) is 0 Å². The standard InChI is InChI=1S/C39H44O13/c1-16(2)7-23(41)32-27(45)10-22(40)19(35(32)48)14-39-21(31-26(44)11-28(46)34(37(31)51-39)25(43)9-18(5)6)15-38(52-39)13-20-30(50-38)12-29(47)33(36(20)49)24(42)8-17(3)4/h10-12,16-18,21,40,44-49H,7-9,13-15H2,1-6H3/t21-,38+,39-/m1/s1. The van der Waals surface area contributed by atoms with Gasteiger partial charge in [-0.05, 0) is 17.8 Å². The van der Waals surface area contributed by atoms with Crippen molar-refractivity contribution >= 4 is 17.3 Å². The third-order valence-corrected chi connectivity index (χ3v) is 9.79. The molecule has 1 spiro atoms. The molecule has 0 amide bonds. The van der Waals surface area contributed by atoms with E-state index in [-0.39, 0.29) is 89.2 Å². The highest BCUT2D eigenvalue weighted by atomic mass is 16.8. The highest BCUT2D eigenvalue weighted by Gasteiger charge is 2.67. The van der Waals surface area contributed by atoms with Crippen molar-refractivity contribution in [2.75, 3.05) is 0 Å². The Bertz CT molecular complexity index is 2010. The molecule has 3 aliphatic heterocycles. The molecule has 0 radical (unpaired) electrons. The molecule has 13 nitrogen and oxygen atoms in total. The van der Waals surface area contributed by atoms with Crippen LogP contribution in [0.25, 0.3) is 0 Å². The second kappa shape index (κ2) is 12.8. The molecule has 3 heterocycles. The maximum absolute atomic E-state index is 13.5. The van der Waals surface area contributed by atoms with Gasteiger partial charge in [0.2, 0.25) is 11.6 Å². The molecular weight excluding hydrogens is 676 g/mol. The van der Waals surface area contributed by atoms with Crippen molar-refractivity contribution < 1.29 is 64.3 Å². The van der Waals surface area contributed by atoms with Crippen molar-refractivity contribution in [2.24, 2.45) is 17.8 Å². The van der Waals surface area contributed by atoms with Crippen LogP contribution in [0, 0.1) is 17.8 Å². The van der Waals surface area contributed by atoms with Crippen molar-refractivity contribution in [3.05, 3.63) is 51.6 Å². The number of hydrogen-bond donors (Lipinski definition) is 7. The van der Waals surface area contributed by atoms with E-state index < -0.39 is 87.1 Å². The fourth-order valence-electron chi connectivity index (χ4n) is 7.72. The van der Waals surface area contributed by atoms with Crippen molar-refractivity contribution in [3.8, 4) is 51.7 Å². The SMILES string of the molecule is CC(C)CC(=O)c1c(O)cc(O)c(C[C@]23Oc4c(C(=O)CC(C)C)c(O)cc(O)c4[C@H]2C[C@]2(Cc4c(cc(O)c(C(=O)CC(C)C)c4O)O2)O3)c1O. The summed E-state index contributed by atoms with van der Waals surface area (Å²) < 4.78 is 19.4. The van der Waals surface area contributed by atoms with Crippen LogP contribution < -0.4 is 9.47 Å². The molecule has 278 valence electrons. The number of phenolic OH excluding ortho intramolecular Hbond substituents is 7. The van der Waals surface area contributed by atoms with Crippen LogP contribution in [0.2, 0.25) is 0 Å². The molecule has 0 aromatic heterocycles. The molecule has 1 fully saturated rings. The van der Waals surface area contributed by atoms with Crippen LogP contribution in [-0.4, -0.2) is 64.7 Å². The zero-order chi connectivity index (χ0) is 38.2. The minimum Gasteiger partial charge on any atom is -0.507 e. The Kier molecular flexibility index (Phi) is 9.01. The molecular formula is C39H44O13. The van der Waals surface area contributed by atoms with Crippen LogP contribution in [0.5, 0.6) is 51.7 Å². The van der Waals surface area contributed by atoms with Gasteiger partial charge in [0.15, 0.2) is 17.3 Å². The zero-order valence-corrected chi connectivity index (χ0v) is 29.9. The Balaban J connectivity index is 1.50. The Morgan fingerprint density at radius 3 is 1.75 bits per heavy atom. The quantitative estimate of drug-likeness (QED) is 0.106. The van der Waals surface area contributed by atoms with E-state index in [9.17, 15) is 50.1 Å². The fraction of sp³-hybridized carbons (Fsp3) is 0.462. The molecule has 3 aromatic carbocycles. The molecule has 0 unspecified atom stereocenters. The minimum atomic E-state index is -2.00. The van der Waals surface area contributed by atoms with Crippen LogP contribution in [0.4, 0.5) is 0 Å². The Morgan fingerprint density at radius 1 is 0.673 bits per heavy atom. The van der Waals surface area contributed by atoms with Gasteiger partial charge in [-0.2, -0.15) is 0 Å². The minimum absolute atomic E-state index is 0.0195. The summed E-state index contributed by atoms with van der Waals surface area (Å²) in [6, 6.07) is 3.15. The van der Waals surface area contributed by atoms with Crippen LogP contribution in [-0.2, 0) is 17.6 Å². The lowest BCUT2D eigenvalue weighted by atomic mass is 9.83. The highest BCUT2D eigenvalue weighted by Crippen LogP contribution is 2.65. The lowest BCUT2D eigenvalue weighted by molar-refractivity contribution is -0.257. The summed E-state index contributed by atoms with van der Waals surface area (Å²) in [6.45, 7) is 10.9. The van der Waals surface area contributed by atoms with Crippen molar-refractivity contribution in [2.45, 2.75) is 97.6 Å². The molecule has 0 bridgehead atoms. The first-order chi connectivity index (χ1) is 24.3. The molecule has 0 saturated carbocycles. The molecule has 52 heavy (non-hydrogen) atoms. The number of rotatable bonds is 11. The van der Waals surface area contributed by atoms with E-state index in [4.69, 9.17) is 14.2 Å². The predicted octanol–water partition coefficient (Wildman–Crippen LogP) is 6.48. The van der Waals surface area contributed by atoms with Gasteiger partial charge in [-0.25, -0.2) is 0 Å². The van der Waals surface area contributed by atoms with E-state index in [0.29, 0.717) is 0 Å². The van der Waals surface area contributed by atoms with Gasteiger partial charge in [0.25, 0.3) is 0 Å². The number of hydrogen-bond acceptors (Lipinski definition) is 13. The van der Waals surface area contributed by atoms with Crippen molar-refractivity contribution in [1.82, 2.24) is 0 Å². The maximum Gasteiger partial charge on any atom is 0.226 e. The smallest absolute Gasteiger partial charge is 0.226 e. The van der Waals surface area contributed by atoms with Gasteiger partial charge in [-0.15, -0.1) is 0 Å². The van der Waals surface area contributed by atoms with Crippen molar-refractivity contribution in [1.29, 1.82) is 0 Å². The zero-order valence-electron chi connectivity index (χ0n) is 29.9. The van der Waals surface area contributed by atoms with Crippen LogP contribution in [0.1, 0.15) is 121 Å². The number of phenols is 7. The normalized spacial score (nSPS) is 21.4. The maximum atomic E-state index is 13.5. The van der Waals surface area contributed by atoms with Crippen LogP contribution in [0.15, 0.2) is 18.2 Å². The summed E-state index contributed by atoms with van der Waals surface area (Å²) in [5, 5.41) is 77.5. The van der Waals surface area contributed by atoms with Crippen LogP contribution >= 0.6 is 0 Å². The van der Waals surface area contributed by atoms with Crippen LogP contribution in [0.3, 0.4) is 0 Å². The lowest BCUT2D eigenvalue weighted by Gasteiger charge is -2.32. The predicted molar refractivity (Wildman–Crippen MR) is 185 cm³/mol. The van der Waals surface area contributed by atoms with E-state index >= 15 is 0 Å². The third-order valence-electron chi connectivity index (χ3n) is 9.79. The van der Waals surface area contributed by atoms with Gasteiger partial charge in [-0.1, -0.05) is 41.5 Å². The van der Waals surface area contributed by atoms with Gasteiger partial charge < -0.3 is 45.2 Å². The second-order valence-electron chi connectivity index (χ2n) is 15.4. The first-order valence-corrected chi connectivity index (χ1v) is 17.4. The first kappa shape index (κ1) is 36.6. The van der Waals surface area contributed by atoms with E-state index in [1.807, 2.05) is 27.7 Å². The molecule has 1 saturated heterocycles. The number of carbonyl (C=O) groups is 3. The summed E-state index contributed by atoms with van der Waals surface area (Å²) in [7, 11) is 0. The molecule has 0 aliphatic carbocycles. The summed E-state index contributed by atoms with van der Waals surface area (Å²) in [4.78, 5) is 39.7.